The van der Waals surface area contributed by atoms with Crippen LogP contribution in [0.4, 0.5) is 0 Å². The molecule has 1 saturated heterocycles. The average Bonchev–Trinajstić information content (AvgIpc) is 1.77. The van der Waals surface area contributed by atoms with E-state index in [1.807, 2.05) is 0 Å². The highest BCUT2D eigenvalue weighted by molar-refractivity contribution is 5.03. The molecule has 1 aliphatic heterocycles. The molecule has 0 aromatic carbocycles. The molecule has 0 amide bonds. The highest BCUT2D eigenvalue weighted by Gasteiger charge is 2.50. The number of rotatable bonds is 0. The van der Waals surface area contributed by atoms with Crippen LogP contribution in [-0.2, 0) is 0 Å². The Kier molecular flexibility index (Phi) is 0.963. The third-order valence-electron chi connectivity index (χ3n) is 3.29. The van der Waals surface area contributed by atoms with Crippen LogP contribution < -0.4 is 0 Å². The molecule has 2 rings (SSSR count). The van der Waals surface area contributed by atoms with Crippen LogP contribution in [0, 0.1) is 11.3 Å². The fourth-order valence-corrected chi connectivity index (χ4v) is 2.34. The normalized spacial score (nSPS) is 40.0. The lowest BCUT2D eigenvalue weighted by molar-refractivity contribution is -0.0937. The van der Waals surface area contributed by atoms with E-state index in [1.165, 1.54) is 25.9 Å². The molecule has 1 atom stereocenters. The van der Waals surface area contributed by atoms with Crippen LogP contribution in [0.2, 0.25) is 0 Å². The van der Waals surface area contributed by atoms with Crippen molar-refractivity contribution in [1.82, 2.24) is 4.90 Å². The van der Waals surface area contributed by atoms with E-state index in [-0.39, 0.29) is 0 Å². The SMILES string of the molecule is C[C@H]1CCC12CN(C)C2. The smallest absolute Gasteiger partial charge is 0.00500 e. The molecule has 9 heavy (non-hydrogen) atoms. The van der Waals surface area contributed by atoms with Gasteiger partial charge in [0, 0.05) is 13.1 Å². The van der Waals surface area contributed by atoms with Crippen molar-refractivity contribution in [1.29, 1.82) is 0 Å². The number of likely N-dealkylation sites (tertiary alicyclic amines) is 1. The van der Waals surface area contributed by atoms with Crippen molar-refractivity contribution < 1.29 is 0 Å². The van der Waals surface area contributed by atoms with E-state index in [9.17, 15) is 0 Å². The van der Waals surface area contributed by atoms with Gasteiger partial charge in [0.25, 0.3) is 0 Å². The van der Waals surface area contributed by atoms with E-state index >= 15 is 0 Å². The third kappa shape index (κ3) is 0.586. The standard InChI is InChI=1S/C8H15N/c1-7-3-4-8(7)5-9(2)6-8/h7H,3-6H2,1-2H3/t7-/m0/s1. The largest absolute Gasteiger partial charge is 0.305 e. The van der Waals surface area contributed by atoms with Gasteiger partial charge in [0.05, 0.1) is 0 Å². The van der Waals surface area contributed by atoms with Crippen molar-refractivity contribution in [2.75, 3.05) is 20.1 Å². The topological polar surface area (TPSA) is 3.24 Å². The first-order valence-electron chi connectivity index (χ1n) is 3.91. The Morgan fingerprint density at radius 1 is 1.44 bits per heavy atom. The molecule has 0 bridgehead atoms. The molecule has 1 nitrogen and oxygen atoms in total. The van der Waals surface area contributed by atoms with Gasteiger partial charge in [-0.3, -0.25) is 0 Å². The highest BCUT2D eigenvalue weighted by Crippen LogP contribution is 2.51. The number of hydrogen-bond donors (Lipinski definition) is 0. The molecule has 1 heteroatoms. The summed E-state index contributed by atoms with van der Waals surface area (Å²) in [7, 11) is 2.22. The van der Waals surface area contributed by atoms with Crippen LogP contribution >= 0.6 is 0 Å². The molecule has 0 unspecified atom stereocenters. The van der Waals surface area contributed by atoms with Crippen molar-refractivity contribution >= 4 is 0 Å². The molecule has 2 aliphatic rings. The molecule has 2 fully saturated rings. The van der Waals surface area contributed by atoms with Crippen LogP contribution in [0.25, 0.3) is 0 Å². The van der Waals surface area contributed by atoms with E-state index in [0.29, 0.717) is 0 Å². The molecule has 0 N–H and O–H groups in total. The van der Waals surface area contributed by atoms with Gasteiger partial charge in [-0.15, -0.1) is 0 Å². The molecule has 0 aromatic heterocycles. The Bertz CT molecular complexity index is 125. The van der Waals surface area contributed by atoms with Crippen molar-refractivity contribution in [3.8, 4) is 0 Å². The first-order valence-corrected chi connectivity index (χ1v) is 3.91. The van der Waals surface area contributed by atoms with Crippen molar-refractivity contribution in [3.63, 3.8) is 0 Å². The molecule has 1 spiro atoms. The Labute approximate surface area is 57.0 Å². The summed E-state index contributed by atoms with van der Waals surface area (Å²) in [5.41, 5.74) is 0.800. The van der Waals surface area contributed by atoms with Gasteiger partial charge >= 0.3 is 0 Å². The summed E-state index contributed by atoms with van der Waals surface area (Å²) in [6.45, 7) is 5.14. The summed E-state index contributed by atoms with van der Waals surface area (Å²) in [5, 5.41) is 0. The maximum Gasteiger partial charge on any atom is 0.00500 e. The fourth-order valence-electron chi connectivity index (χ4n) is 2.34. The summed E-state index contributed by atoms with van der Waals surface area (Å²) in [5.74, 6) is 1.02. The van der Waals surface area contributed by atoms with Crippen LogP contribution in [-0.4, -0.2) is 25.0 Å². The number of hydrogen-bond acceptors (Lipinski definition) is 1. The van der Waals surface area contributed by atoms with Crippen LogP contribution in [0.5, 0.6) is 0 Å². The lowest BCUT2D eigenvalue weighted by Gasteiger charge is -2.59. The Morgan fingerprint density at radius 2 is 2.11 bits per heavy atom. The van der Waals surface area contributed by atoms with Gasteiger partial charge in [0.1, 0.15) is 0 Å². The first-order chi connectivity index (χ1) is 4.23. The average molecular weight is 125 g/mol. The van der Waals surface area contributed by atoms with E-state index < -0.39 is 0 Å². The second-order valence-corrected chi connectivity index (χ2v) is 3.97. The highest BCUT2D eigenvalue weighted by atomic mass is 15.2. The van der Waals surface area contributed by atoms with E-state index in [2.05, 4.69) is 18.9 Å². The second kappa shape index (κ2) is 1.51. The van der Waals surface area contributed by atoms with Gasteiger partial charge in [-0.05, 0) is 31.2 Å². The molecule has 1 heterocycles. The van der Waals surface area contributed by atoms with Crippen LogP contribution in [0.1, 0.15) is 19.8 Å². The zero-order valence-electron chi connectivity index (χ0n) is 6.35. The van der Waals surface area contributed by atoms with E-state index in [0.717, 1.165) is 11.3 Å². The van der Waals surface area contributed by atoms with Gasteiger partial charge in [0.2, 0.25) is 0 Å². The fraction of sp³-hybridized carbons (Fsp3) is 1.00. The van der Waals surface area contributed by atoms with E-state index in [1.54, 1.807) is 0 Å². The second-order valence-electron chi connectivity index (χ2n) is 3.97. The minimum Gasteiger partial charge on any atom is -0.305 e. The lowest BCUT2D eigenvalue weighted by Crippen LogP contribution is -2.62. The zero-order chi connectivity index (χ0) is 6.48. The summed E-state index contributed by atoms with van der Waals surface area (Å²) in [4.78, 5) is 2.43. The van der Waals surface area contributed by atoms with Gasteiger partial charge in [-0.25, -0.2) is 0 Å². The van der Waals surface area contributed by atoms with Gasteiger partial charge in [-0.1, -0.05) is 6.92 Å². The molecule has 0 aromatic rings. The summed E-state index contributed by atoms with van der Waals surface area (Å²) < 4.78 is 0. The maximum absolute atomic E-state index is 2.43. The Balaban J connectivity index is 1.97. The minimum atomic E-state index is 0.800. The molecule has 0 radical (unpaired) electrons. The van der Waals surface area contributed by atoms with Crippen molar-refractivity contribution in [2.45, 2.75) is 19.8 Å². The minimum absolute atomic E-state index is 0.800. The number of nitrogens with zero attached hydrogens (tertiary/aromatic N) is 1. The Morgan fingerprint density at radius 3 is 2.22 bits per heavy atom. The quantitative estimate of drug-likeness (QED) is 0.472. The molecule has 1 saturated carbocycles. The van der Waals surface area contributed by atoms with Crippen molar-refractivity contribution in [2.24, 2.45) is 11.3 Å². The first kappa shape index (κ1) is 5.72. The zero-order valence-corrected chi connectivity index (χ0v) is 6.35. The third-order valence-corrected chi connectivity index (χ3v) is 3.29. The molecular formula is C8H15N. The van der Waals surface area contributed by atoms with E-state index in [4.69, 9.17) is 0 Å². The van der Waals surface area contributed by atoms with Crippen LogP contribution in [0.15, 0.2) is 0 Å². The predicted octanol–water partition coefficient (Wildman–Crippen LogP) is 1.35. The summed E-state index contributed by atoms with van der Waals surface area (Å²) >= 11 is 0. The Hall–Kier alpha value is -0.0400. The molecule has 52 valence electrons. The lowest BCUT2D eigenvalue weighted by atomic mass is 9.57. The predicted molar refractivity (Wildman–Crippen MR) is 38.3 cm³/mol. The van der Waals surface area contributed by atoms with Gasteiger partial charge in [-0.2, -0.15) is 0 Å². The molecule has 1 aliphatic carbocycles. The van der Waals surface area contributed by atoms with Crippen molar-refractivity contribution in [3.05, 3.63) is 0 Å². The summed E-state index contributed by atoms with van der Waals surface area (Å²) in [6.07, 6.45) is 2.98. The van der Waals surface area contributed by atoms with Crippen LogP contribution in [0.3, 0.4) is 0 Å². The summed E-state index contributed by atoms with van der Waals surface area (Å²) in [6, 6.07) is 0. The molecular weight excluding hydrogens is 110 g/mol. The maximum atomic E-state index is 2.43. The van der Waals surface area contributed by atoms with Gasteiger partial charge in [0.15, 0.2) is 0 Å². The van der Waals surface area contributed by atoms with Gasteiger partial charge < -0.3 is 4.90 Å². The monoisotopic (exact) mass is 125 g/mol.